The van der Waals surface area contributed by atoms with E-state index < -0.39 is 5.91 Å². The smallest absolute Gasteiger partial charge is 0.280 e. The topological polar surface area (TPSA) is 82.4 Å². The molecule has 0 fully saturated rings. The van der Waals surface area contributed by atoms with Crippen LogP contribution in [0.25, 0.3) is 10.9 Å². The van der Waals surface area contributed by atoms with Gasteiger partial charge in [0.1, 0.15) is 17.3 Å². The second-order valence-electron chi connectivity index (χ2n) is 6.48. The molecule has 1 N–H and O–H groups in total. The van der Waals surface area contributed by atoms with Crippen LogP contribution in [0.1, 0.15) is 21.1 Å². The summed E-state index contributed by atoms with van der Waals surface area (Å²) in [6.07, 6.45) is 0.416. The molecule has 1 amide bonds. The number of nitrogens with zero attached hydrogens (tertiary/aromatic N) is 2. The molecule has 0 saturated carbocycles. The maximum absolute atomic E-state index is 13.2. The number of hydrogen-bond acceptors (Lipinski definition) is 6. The third-order valence-corrected chi connectivity index (χ3v) is 5.46. The largest absolute Gasteiger partial charge is 0.497 e. The molecule has 30 heavy (non-hydrogen) atoms. The third kappa shape index (κ3) is 3.90. The first-order valence-corrected chi connectivity index (χ1v) is 10.0. The van der Waals surface area contributed by atoms with Crippen LogP contribution >= 0.6 is 11.3 Å². The summed E-state index contributed by atoms with van der Waals surface area (Å²) < 4.78 is 11.7. The van der Waals surface area contributed by atoms with Gasteiger partial charge in [0.15, 0.2) is 0 Å². The van der Waals surface area contributed by atoms with Gasteiger partial charge in [-0.2, -0.15) is 0 Å². The van der Waals surface area contributed by atoms with E-state index in [-0.39, 0.29) is 5.56 Å². The van der Waals surface area contributed by atoms with Crippen LogP contribution in [0, 0.1) is 0 Å². The molecule has 4 aromatic rings. The molecule has 0 aliphatic carbocycles. The number of hydrogen-bond donors (Lipinski definition) is 1. The molecule has 0 bridgehead atoms. The molecular weight excluding hydrogens is 402 g/mol. The Morgan fingerprint density at radius 1 is 1.07 bits per heavy atom. The first-order valence-electron chi connectivity index (χ1n) is 9.16. The second-order valence-corrected chi connectivity index (χ2v) is 7.52. The van der Waals surface area contributed by atoms with Crippen molar-refractivity contribution in [3.8, 4) is 11.5 Å². The zero-order valence-corrected chi connectivity index (χ0v) is 17.2. The molecule has 152 valence electrons. The Labute approximate surface area is 176 Å². The van der Waals surface area contributed by atoms with Crippen molar-refractivity contribution in [2.45, 2.75) is 6.42 Å². The van der Waals surface area contributed by atoms with Crippen molar-refractivity contribution in [1.82, 2.24) is 9.66 Å². The van der Waals surface area contributed by atoms with Crippen molar-refractivity contribution in [2.75, 3.05) is 19.6 Å². The van der Waals surface area contributed by atoms with E-state index in [9.17, 15) is 9.59 Å². The Kier molecular flexibility index (Phi) is 5.49. The number of rotatable bonds is 6. The minimum atomic E-state index is -0.473. The highest BCUT2D eigenvalue weighted by Crippen LogP contribution is 2.23. The average Bonchev–Trinajstić information content (AvgIpc) is 3.29. The number of methoxy groups -OCH3 is 2. The minimum absolute atomic E-state index is 0.299. The fourth-order valence-electron chi connectivity index (χ4n) is 3.09. The van der Waals surface area contributed by atoms with Gasteiger partial charge in [0, 0.05) is 22.9 Å². The van der Waals surface area contributed by atoms with Gasteiger partial charge in [-0.15, -0.1) is 11.3 Å². The predicted octanol–water partition coefficient (Wildman–Crippen LogP) is 3.45. The molecular formula is C22H19N3O4S. The van der Waals surface area contributed by atoms with Gasteiger partial charge in [-0.05, 0) is 35.7 Å². The molecule has 0 aliphatic rings. The van der Waals surface area contributed by atoms with Crippen molar-refractivity contribution in [3.05, 3.63) is 86.6 Å². The number of thiophene rings is 1. The number of nitrogens with one attached hydrogen (secondary N) is 1. The summed E-state index contributed by atoms with van der Waals surface area (Å²) in [7, 11) is 3.01. The highest BCUT2D eigenvalue weighted by atomic mass is 32.1. The van der Waals surface area contributed by atoms with E-state index >= 15 is 0 Å². The molecule has 0 spiro atoms. The summed E-state index contributed by atoms with van der Waals surface area (Å²) in [5.74, 6) is 0.924. The Morgan fingerprint density at radius 2 is 1.80 bits per heavy atom. The van der Waals surface area contributed by atoms with Gasteiger partial charge < -0.3 is 9.47 Å². The van der Waals surface area contributed by atoms with Crippen LogP contribution in [0.15, 0.2) is 64.8 Å². The zero-order chi connectivity index (χ0) is 21.1. The predicted molar refractivity (Wildman–Crippen MR) is 116 cm³/mol. The van der Waals surface area contributed by atoms with Crippen LogP contribution in [0.2, 0.25) is 0 Å². The van der Waals surface area contributed by atoms with Crippen LogP contribution in [-0.4, -0.2) is 29.8 Å². The van der Waals surface area contributed by atoms with E-state index in [1.54, 1.807) is 47.7 Å². The summed E-state index contributed by atoms with van der Waals surface area (Å²) in [5, 5.41) is 2.39. The van der Waals surface area contributed by atoms with Gasteiger partial charge in [0.05, 0.1) is 25.1 Å². The van der Waals surface area contributed by atoms with E-state index in [1.807, 2.05) is 23.6 Å². The van der Waals surface area contributed by atoms with Gasteiger partial charge in [-0.1, -0.05) is 18.2 Å². The number of aromatic nitrogens is 2. The SMILES string of the molecule is COc1cc(OC)cc(C(=O)Nn2c(Cc3cccs3)nc3ccccc3c2=O)c1. The molecule has 2 heterocycles. The van der Waals surface area contributed by atoms with Gasteiger partial charge >= 0.3 is 0 Å². The summed E-state index contributed by atoms with van der Waals surface area (Å²) in [5.41, 5.74) is 3.25. The molecule has 4 rings (SSSR count). The van der Waals surface area contributed by atoms with E-state index in [0.717, 1.165) is 4.88 Å². The van der Waals surface area contributed by atoms with Gasteiger partial charge in [-0.25, -0.2) is 9.66 Å². The van der Waals surface area contributed by atoms with Crippen molar-refractivity contribution in [2.24, 2.45) is 0 Å². The highest BCUT2D eigenvalue weighted by Gasteiger charge is 2.16. The van der Waals surface area contributed by atoms with Crippen molar-refractivity contribution < 1.29 is 14.3 Å². The molecule has 0 radical (unpaired) electrons. The Hall–Kier alpha value is -3.65. The standard InChI is InChI=1S/C22H19N3O4S/c1-28-15-10-14(11-16(12-15)29-2)21(26)24-25-20(13-17-6-5-9-30-17)23-19-8-4-3-7-18(19)22(25)27/h3-12H,13H2,1-2H3,(H,24,26). The normalized spacial score (nSPS) is 10.7. The summed E-state index contributed by atoms with van der Waals surface area (Å²) in [4.78, 5) is 31.8. The summed E-state index contributed by atoms with van der Waals surface area (Å²) >= 11 is 1.56. The van der Waals surface area contributed by atoms with Crippen LogP contribution in [0.3, 0.4) is 0 Å². The van der Waals surface area contributed by atoms with Crippen LogP contribution in [0.5, 0.6) is 11.5 Å². The first-order chi connectivity index (χ1) is 14.6. The lowest BCUT2D eigenvalue weighted by Gasteiger charge is -2.15. The number of fused-ring (bicyclic) bond motifs is 1. The number of benzene rings is 2. The quantitative estimate of drug-likeness (QED) is 0.516. The Balaban J connectivity index is 1.78. The second kappa shape index (κ2) is 8.38. The average molecular weight is 421 g/mol. The molecule has 2 aromatic carbocycles. The molecule has 7 nitrogen and oxygen atoms in total. The molecule has 0 unspecified atom stereocenters. The lowest BCUT2D eigenvalue weighted by atomic mass is 10.2. The van der Waals surface area contributed by atoms with Crippen molar-refractivity contribution >= 4 is 28.1 Å². The highest BCUT2D eigenvalue weighted by molar-refractivity contribution is 7.09. The van der Waals surface area contributed by atoms with Crippen molar-refractivity contribution in [3.63, 3.8) is 0 Å². The van der Waals surface area contributed by atoms with E-state index in [0.29, 0.717) is 40.2 Å². The Morgan fingerprint density at radius 3 is 2.47 bits per heavy atom. The van der Waals surface area contributed by atoms with Gasteiger partial charge in [0.25, 0.3) is 11.5 Å². The number of amides is 1. The van der Waals surface area contributed by atoms with Crippen LogP contribution in [-0.2, 0) is 6.42 Å². The zero-order valence-electron chi connectivity index (χ0n) is 16.4. The van der Waals surface area contributed by atoms with Gasteiger partial charge in [-0.3, -0.25) is 15.0 Å². The molecule has 8 heteroatoms. The third-order valence-electron chi connectivity index (χ3n) is 4.58. The first kappa shape index (κ1) is 19.7. The lowest BCUT2D eigenvalue weighted by Crippen LogP contribution is -2.36. The fraction of sp³-hybridized carbons (Fsp3) is 0.136. The fourth-order valence-corrected chi connectivity index (χ4v) is 3.79. The van der Waals surface area contributed by atoms with E-state index in [4.69, 9.17) is 9.47 Å². The summed E-state index contributed by atoms with van der Waals surface area (Å²) in [6, 6.07) is 15.8. The number of ether oxygens (including phenoxy) is 2. The maximum Gasteiger partial charge on any atom is 0.280 e. The monoisotopic (exact) mass is 421 g/mol. The molecule has 0 atom stereocenters. The molecule has 0 aliphatic heterocycles. The summed E-state index contributed by atoms with van der Waals surface area (Å²) in [6.45, 7) is 0. The molecule has 0 saturated heterocycles. The lowest BCUT2D eigenvalue weighted by molar-refractivity contribution is 0.101. The van der Waals surface area contributed by atoms with Gasteiger partial charge in [0.2, 0.25) is 0 Å². The van der Waals surface area contributed by atoms with Crippen LogP contribution < -0.4 is 20.5 Å². The maximum atomic E-state index is 13.2. The van der Waals surface area contributed by atoms with E-state index in [2.05, 4.69) is 10.4 Å². The Bertz CT molecular complexity index is 1240. The van der Waals surface area contributed by atoms with E-state index in [1.165, 1.54) is 18.9 Å². The number of para-hydroxylation sites is 1. The molecule has 2 aromatic heterocycles. The van der Waals surface area contributed by atoms with Crippen LogP contribution in [0.4, 0.5) is 0 Å². The number of carbonyl (C=O) groups is 1. The van der Waals surface area contributed by atoms with Crippen molar-refractivity contribution in [1.29, 1.82) is 0 Å². The number of carbonyl (C=O) groups excluding carboxylic acids is 1. The minimum Gasteiger partial charge on any atom is -0.497 e.